The summed E-state index contributed by atoms with van der Waals surface area (Å²) in [6.07, 6.45) is 6.19. The molecular weight excluding hydrogens is 458 g/mol. The first kappa shape index (κ1) is 23.4. The maximum atomic E-state index is 13.2. The number of fused-ring (bicyclic) bond motifs is 1. The summed E-state index contributed by atoms with van der Waals surface area (Å²) in [4.78, 5) is 9.43. The van der Waals surface area contributed by atoms with Crippen LogP contribution in [0, 0.1) is 0 Å². The molecule has 3 heterocycles. The monoisotopic (exact) mass is 489 g/mol. The lowest BCUT2D eigenvalue weighted by Crippen LogP contribution is -2.18. The summed E-state index contributed by atoms with van der Waals surface area (Å²) < 4.78 is 31.3. The van der Waals surface area contributed by atoms with Gasteiger partial charge in [-0.15, -0.1) is 0 Å². The van der Waals surface area contributed by atoms with E-state index in [4.69, 9.17) is 0 Å². The van der Waals surface area contributed by atoms with Gasteiger partial charge in [0.25, 0.3) is 10.0 Å². The maximum absolute atomic E-state index is 13.2. The van der Waals surface area contributed by atoms with Crippen molar-refractivity contribution in [2.45, 2.75) is 24.3 Å². The second-order valence-electron chi connectivity index (χ2n) is 9.26. The van der Waals surface area contributed by atoms with E-state index in [1.165, 1.54) is 18.5 Å². The fourth-order valence-electron chi connectivity index (χ4n) is 4.65. The topological polar surface area (TPSA) is 70.5 Å². The molecule has 1 saturated heterocycles. The third-order valence-corrected chi connectivity index (χ3v) is 7.85. The van der Waals surface area contributed by atoms with Gasteiger partial charge in [0.1, 0.15) is 5.65 Å². The van der Waals surface area contributed by atoms with Crippen molar-refractivity contribution in [1.82, 2.24) is 14.5 Å². The van der Waals surface area contributed by atoms with E-state index in [1.807, 2.05) is 14.1 Å². The van der Waals surface area contributed by atoms with Crippen LogP contribution in [0.4, 0.5) is 11.4 Å². The summed E-state index contributed by atoms with van der Waals surface area (Å²) in [5, 5.41) is 0.810. The fraction of sp³-hybridized carbons (Fsp3) is 0.296. The Balaban J connectivity index is 1.63. The van der Waals surface area contributed by atoms with Gasteiger partial charge in [-0.05, 0) is 62.8 Å². The third kappa shape index (κ3) is 4.90. The first-order valence-corrected chi connectivity index (χ1v) is 13.5. The number of hydrogen-bond acceptors (Lipinski definition) is 5. The Bertz CT molecular complexity index is 1420. The first-order chi connectivity index (χ1) is 16.9. The van der Waals surface area contributed by atoms with Crippen LogP contribution in [0.5, 0.6) is 0 Å². The molecule has 35 heavy (non-hydrogen) atoms. The molecule has 0 bridgehead atoms. The van der Waals surface area contributed by atoms with Crippen LogP contribution in [0.15, 0.2) is 78.0 Å². The zero-order valence-corrected chi connectivity index (χ0v) is 21.0. The smallest absolute Gasteiger partial charge is 0.261 e. The number of anilines is 2. The summed E-state index contributed by atoms with van der Waals surface area (Å²) in [6, 6.07) is 18.7. The second kappa shape index (κ2) is 9.71. The van der Waals surface area contributed by atoms with Crippen molar-refractivity contribution >= 4 is 32.4 Å². The molecule has 2 aromatic heterocycles. The fourth-order valence-corrected chi connectivity index (χ4v) is 5.74. The van der Waals surface area contributed by atoms with Crippen molar-refractivity contribution in [3.63, 3.8) is 0 Å². The maximum Gasteiger partial charge on any atom is 0.261 e. The Hall–Kier alpha value is -3.36. The Morgan fingerprint density at radius 3 is 2.51 bits per heavy atom. The van der Waals surface area contributed by atoms with Gasteiger partial charge in [0.05, 0.1) is 16.0 Å². The minimum Gasteiger partial charge on any atom is -0.372 e. The highest BCUT2D eigenvalue weighted by molar-refractivity contribution is 7.92. The van der Waals surface area contributed by atoms with Gasteiger partial charge >= 0.3 is 0 Å². The molecule has 0 saturated carbocycles. The molecule has 0 aliphatic carbocycles. The molecule has 0 radical (unpaired) electrons. The summed E-state index contributed by atoms with van der Waals surface area (Å²) >= 11 is 0. The van der Waals surface area contributed by atoms with Crippen molar-refractivity contribution in [1.29, 1.82) is 0 Å². The van der Waals surface area contributed by atoms with Gasteiger partial charge in [0.2, 0.25) is 0 Å². The number of hydrogen-bond donors (Lipinski definition) is 1. The van der Waals surface area contributed by atoms with E-state index in [-0.39, 0.29) is 4.90 Å². The van der Waals surface area contributed by atoms with Crippen LogP contribution >= 0.6 is 0 Å². The Labute approximate surface area is 207 Å². The quantitative estimate of drug-likeness (QED) is 0.390. The van der Waals surface area contributed by atoms with Crippen LogP contribution in [-0.4, -0.2) is 56.6 Å². The normalized spacial score (nSPS) is 14.2. The van der Waals surface area contributed by atoms with Crippen LogP contribution in [0.2, 0.25) is 0 Å². The Morgan fingerprint density at radius 2 is 1.77 bits per heavy atom. The van der Waals surface area contributed by atoms with Crippen molar-refractivity contribution in [3.8, 4) is 11.1 Å². The van der Waals surface area contributed by atoms with Crippen LogP contribution in [0.3, 0.4) is 0 Å². The lowest BCUT2D eigenvalue weighted by molar-refractivity contribution is 0.386. The standard InChI is InChI=1S/C27H31N5O2S/c1-30(2)17-18-32-20-24(21-9-8-10-22(19-21)31-15-6-7-16-31)26-25(13-14-28-27(26)32)29-35(33,34)23-11-4-3-5-12-23/h3-5,8-14,19-20H,6-7,15-18H2,1-2H3,(H,28,29). The van der Waals surface area contributed by atoms with Gasteiger partial charge in [0.15, 0.2) is 0 Å². The summed E-state index contributed by atoms with van der Waals surface area (Å²) in [5.74, 6) is 0. The zero-order chi connectivity index (χ0) is 24.4. The van der Waals surface area contributed by atoms with E-state index < -0.39 is 10.0 Å². The largest absolute Gasteiger partial charge is 0.372 e. The predicted octanol–water partition coefficient (Wildman–Crippen LogP) is 4.67. The van der Waals surface area contributed by atoms with Crippen molar-refractivity contribution in [2.75, 3.05) is 43.4 Å². The van der Waals surface area contributed by atoms with Crippen LogP contribution in [0.25, 0.3) is 22.2 Å². The molecule has 1 aliphatic heterocycles. The molecule has 4 aromatic rings. The van der Waals surface area contributed by atoms with Crippen molar-refractivity contribution in [2.24, 2.45) is 0 Å². The molecule has 1 aliphatic rings. The molecule has 0 spiro atoms. The number of aromatic nitrogens is 2. The number of nitrogens with one attached hydrogen (secondary N) is 1. The summed E-state index contributed by atoms with van der Waals surface area (Å²) in [7, 11) is 0.336. The molecule has 182 valence electrons. The molecule has 0 unspecified atom stereocenters. The molecule has 2 aromatic carbocycles. The van der Waals surface area contributed by atoms with E-state index in [2.05, 4.69) is 54.5 Å². The minimum atomic E-state index is -3.74. The molecule has 0 atom stereocenters. The van der Waals surface area contributed by atoms with E-state index in [9.17, 15) is 8.42 Å². The Morgan fingerprint density at radius 1 is 1.00 bits per heavy atom. The molecule has 1 fully saturated rings. The number of rotatable bonds is 8. The number of pyridine rings is 1. The lowest BCUT2D eigenvalue weighted by Gasteiger charge is -2.18. The molecule has 1 N–H and O–H groups in total. The van der Waals surface area contributed by atoms with Gasteiger partial charge in [-0.3, -0.25) is 4.72 Å². The van der Waals surface area contributed by atoms with E-state index in [0.29, 0.717) is 5.69 Å². The second-order valence-corrected chi connectivity index (χ2v) is 10.9. The minimum absolute atomic E-state index is 0.231. The van der Waals surface area contributed by atoms with Crippen molar-refractivity contribution < 1.29 is 8.42 Å². The predicted molar refractivity (Wildman–Crippen MR) is 142 cm³/mol. The van der Waals surface area contributed by atoms with E-state index in [0.717, 1.165) is 48.3 Å². The van der Waals surface area contributed by atoms with Crippen LogP contribution in [-0.2, 0) is 16.6 Å². The van der Waals surface area contributed by atoms with E-state index >= 15 is 0 Å². The highest BCUT2D eigenvalue weighted by Crippen LogP contribution is 2.37. The Kier molecular flexibility index (Phi) is 6.49. The summed E-state index contributed by atoms with van der Waals surface area (Å²) in [6.45, 7) is 3.73. The lowest BCUT2D eigenvalue weighted by atomic mass is 10.0. The zero-order valence-electron chi connectivity index (χ0n) is 20.2. The molecule has 7 nitrogen and oxygen atoms in total. The van der Waals surface area contributed by atoms with Gasteiger partial charge in [-0.25, -0.2) is 13.4 Å². The summed E-state index contributed by atoms with van der Waals surface area (Å²) in [5.41, 5.74) is 4.52. The van der Waals surface area contributed by atoms with Crippen LogP contribution < -0.4 is 9.62 Å². The average Bonchev–Trinajstić information content (AvgIpc) is 3.52. The third-order valence-electron chi connectivity index (χ3n) is 6.47. The van der Waals surface area contributed by atoms with Crippen molar-refractivity contribution in [3.05, 3.63) is 73.1 Å². The first-order valence-electron chi connectivity index (χ1n) is 12.0. The molecule has 0 amide bonds. The molecule has 5 rings (SSSR count). The number of benzene rings is 2. The number of nitrogens with zero attached hydrogens (tertiary/aromatic N) is 4. The number of likely N-dealkylation sites (N-methyl/N-ethyl adjacent to an activating group) is 1. The molecular formula is C27H31N5O2S. The molecule has 8 heteroatoms. The van der Waals surface area contributed by atoms with Gasteiger partial charge < -0.3 is 14.4 Å². The highest BCUT2D eigenvalue weighted by Gasteiger charge is 2.21. The van der Waals surface area contributed by atoms with Gasteiger partial charge in [0, 0.05) is 49.8 Å². The highest BCUT2D eigenvalue weighted by atomic mass is 32.2. The number of sulfonamides is 1. The van der Waals surface area contributed by atoms with Gasteiger partial charge in [-0.2, -0.15) is 0 Å². The average molecular weight is 490 g/mol. The van der Waals surface area contributed by atoms with E-state index in [1.54, 1.807) is 42.6 Å². The van der Waals surface area contributed by atoms with Crippen LogP contribution in [0.1, 0.15) is 12.8 Å². The SMILES string of the molecule is CN(C)CCn1cc(-c2cccc(N3CCCC3)c2)c2c(NS(=O)(=O)c3ccccc3)ccnc21. The van der Waals surface area contributed by atoms with Gasteiger partial charge in [-0.1, -0.05) is 30.3 Å².